The molecule has 0 aliphatic carbocycles. The second-order valence-corrected chi connectivity index (χ2v) is 5.53. The molecular formula is C13H16N2O3S. The molecule has 0 bridgehead atoms. The second-order valence-electron chi connectivity index (χ2n) is 4.29. The van der Waals surface area contributed by atoms with Gasteiger partial charge in [0.2, 0.25) is 5.91 Å². The molecule has 0 aromatic heterocycles. The predicted molar refractivity (Wildman–Crippen MR) is 73.2 cm³/mol. The molecule has 0 saturated carbocycles. The van der Waals surface area contributed by atoms with E-state index in [0.29, 0.717) is 12.2 Å². The fourth-order valence-electron chi connectivity index (χ4n) is 1.55. The van der Waals surface area contributed by atoms with Crippen LogP contribution in [0.2, 0.25) is 0 Å². The molecule has 1 heterocycles. The molecule has 1 aromatic rings. The SMILES string of the molecule is N[C@@H](CS[C@@H]1CC(=O)N1)C(=O)OCc1ccccc1. The Morgan fingerprint density at radius 2 is 2.16 bits per heavy atom. The van der Waals surface area contributed by atoms with Crippen molar-refractivity contribution in [2.75, 3.05) is 5.75 Å². The summed E-state index contributed by atoms with van der Waals surface area (Å²) in [7, 11) is 0. The minimum Gasteiger partial charge on any atom is -0.460 e. The van der Waals surface area contributed by atoms with Crippen LogP contribution in [0.3, 0.4) is 0 Å². The number of hydrogen-bond acceptors (Lipinski definition) is 5. The molecule has 2 atom stereocenters. The zero-order chi connectivity index (χ0) is 13.7. The number of nitrogens with one attached hydrogen (secondary N) is 1. The van der Waals surface area contributed by atoms with Crippen molar-refractivity contribution in [1.29, 1.82) is 0 Å². The highest BCUT2D eigenvalue weighted by molar-refractivity contribution is 8.00. The molecule has 5 nitrogen and oxygen atoms in total. The molecule has 3 N–H and O–H groups in total. The number of rotatable bonds is 6. The van der Waals surface area contributed by atoms with Gasteiger partial charge in [0, 0.05) is 5.75 Å². The molecule has 1 saturated heterocycles. The third-order valence-electron chi connectivity index (χ3n) is 2.70. The first-order valence-corrected chi connectivity index (χ1v) is 7.07. The van der Waals surface area contributed by atoms with Gasteiger partial charge in [-0.3, -0.25) is 9.59 Å². The van der Waals surface area contributed by atoms with E-state index < -0.39 is 12.0 Å². The largest absolute Gasteiger partial charge is 0.460 e. The van der Waals surface area contributed by atoms with Gasteiger partial charge >= 0.3 is 5.97 Å². The number of benzene rings is 1. The first-order chi connectivity index (χ1) is 9.15. The summed E-state index contributed by atoms with van der Waals surface area (Å²) in [6.45, 7) is 0.234. The number of nitrogens with two attached hydrogens (primary N) is 1. The minimum absolute atomic E-state index is 0.0396. The van der Waals surface area contributed by atoms with E-state index in [1.165, 1.54) is 11.8 Å². The molecular weight excluding hydrogens is 264 g/mol. The van der Waals surface area contributed by atoms with Gasteiger partial charge in [-0.25, -0.2) is 0 Å². The van der Waals surface area contributed by atoms with Gasteiger partial charge in [0.15, 0.2) is 0 Å². The van der Waals surface area contributed by atoms with Crippen LogP contribution >= 0.6 is 11.8 Å². The topological polar surface area (TPSA) is 81.4 Å². The Hall–Kier alpha value is -1.53. The van der Waals surface area contributed by atoms with Crippen LogP contribution in [-0.4, -0.2) is 29.0 Å². The molecule has 6 heteroatoms. The number of β-lactam (4-membered cyclic amide) rings is 1. The molecule has 1 aliphatic heterocycles. The summed E-state index contributed by atoms with van der Waals surface area (Å²) in [5.41, 5.74) is 6.67. The second kappa shape index (κ2) is 6.58. The van der Waals surface area contributed by atoms with Crippen LogP contribution in [0.4, 0.5) is 0 Å². The van der Waals surface area contributed by atoms with E-state index in [2.05, 4.69) is 5.32 Å². The van der Waals surface area contributed by atoms with Gasteiger partial charge in [-0.1, -0.05) is 30.3 Å². The van der Waals surface area contributed by atoms with E-state index in [0.717, 1.165) is 5.56 Å². The predicted octanol–water partition coefficient (Wildman–Crippen LogP) is 0.636. The zero-order valence-corrected chi connectivity index (χ0v) is 11.2. The molecule has 1 aliphatic rings. The van der Waals surface area contributed by atoms with E-state index >= 15 is 0 Å². The molecule has 1 aromatic carbocycles. The highest BCUT2D eigenvalue weighted by Crippen LogP contribution is 2.19. The highest BCUT2D eigenvalue weighted by Gasteiger charge is 2.27. The van der Waals surface area contributed by atoms with Gasteiger partial charge in [0.25, 0.3) is 0 Å². The van der Waals surface area contributed by atoms with Gasteiger partial charge in [0.05, 0.1) is 11.8 Å². The van der Waals surface area contributed by atoms with E-state index in [4.69, 9.17) is 10.5 Å². The summed E-state index contributed by atoms with van der Waals surface area (Å²) in [5.74, 6) is 0.0678. The summed E-state index contributed by atoms with van der Waals surface area (Å²) < 4.78 is 5.13. The summed E-state index contributed by atoms with van der Waals surface area (Å²) in [5, 5.41) is 2.80. The molecule has 19 heavy (non-hydrogen) atoms. The van der Waals surface area contributed by atoms with Crippen LogP contribution in [0.25, 0.3) is 0 Å². The Labute approximate surface area is 115 Å². The summed E-state index contributed by atoms with van der Waals surface area (Å²) in [4.78, 5) is 22.4. The molecule has 1 amide bonds. The van der Waals surface area contributed by atoms with Gasteiger partial charge in [-0.2, -0.15) is 0 Å². The molecule has 0 radical (unpaired) electrons. The van der Waals surface area contributed by atoms with Crippen molar-refractivity contribution in [3.05, 3.63) is 35.9 Å². The lowest BCUT2D eigenvalue weighted by atomic mass is 10.2. The van der Waals surface area contributed by atoms with E-state index in [9.17, 15) is 9.59 Å². The third-order valence-corrected chi connectivity index (χ3v) is 3.93. The van der Waals surface area contributed by atoms with Crippen molar-refractivity contribution in [2.24, 2.45) is 5.73 Å². The first kappa shape index (κ1) is 13.9. The molecule has 0 spiro atoms. The maximum Gasteiger partial charge on any atom is 0.324 e. The third kappa shape index (κ3) is 4.25. The summed E-state index contributed by atoms with van der Waals surface area (Å²) in [6.07, 6.45) is 0.496. The van der Waals surface area contributed by atoms with Crippen molar-refractivity contribution >= 4 is 23.6 Å². The Kier molecular flexibility index (Phi) is 4.81. The number of esters is 1. The first-order valence-electron chi connectivity index (χ1n) is 6.02. The highest BCUT2D eigenvalue weighted by atomic mass is 32.2. The number of amides is 1. The molecule has 2 rings (SSSR count). The zero-order valence-electron chi connectivity index (χ0n) is 10.4. The lowest BCUT2D eigenvalue weighted by Crippen LogP contribution is -2.47. The Morgan fingerprint density at radius 1 is 1.47 bits per heavy atom. The van der Waals surface area contributed by atoms with Crippen LogP contribution in [0.15, 0.2) is 30.3 Å². The smallest absolute Gasteiger partial charge is 0.324 e. The van der Waals surface area contributed by atoms with Crippen molar-refractivity contribution in [3.63, 3.8) is 0 Å². The lowest BCUT2D eigenvalue weighted by Gasteiger charge is -2.26. The van der Waals surface area contributed by atoms with Crippen LogP contribution in [0, 0.1) is 0 Å². The van der Waals surface area contributed by atoms with E-state index in [-0.39, 0.29) is 17.9 Å². The fourth-order valence-corrected chi connectivity index (χ4v) is 2.61. The van der Waals surface area contributed by atoms with Gasteiger partial charge in [-0.05, 0) is 5.56 Å². The monoisotopic (exact) mass is 280 g/mol. The number of hydrogen-bond donors (Lipinski definition) is 2. The summed E-state index contributed by atoms with van der Waals surface area (Å²) >= 11 is 1.47. The number of ether oxygens (including phenoxy) is 1. The van der Waals surface area contributed by atoms with Crippen molar-refractivity contribution in [3.8, 4) is 0 Å². The fraction of sp³-hybridized carbons (Fsp3) is 0.385. The Morgan fingerprint density at radius 3 is 2.79 bits per heavy atom. The van der Waals surface area contributed by atoms with E-state index in [1.54, 1.807) is 0 Å². The van der Waals surface area contributed by atoms with Crippen molar-refractivity contribution < 1.29 is 14.3 Å². The van der Waals surface area contributed by atoms with Crippen LogP contribution in [0.5, 0.6) is 0 Å². The molecule has 0 unspecified atom stereocenters. The Bertz CT molecular complexity index is 444. The van der Waals surface area contributed by atoms with Crippen molar-refractivity contribution in [1.82, 2.24) is 5.32 Å². The lowest BCUT2D eigenvalue weighted by molar-refractivity contribution is -0.145. The maximum absolute atomic E-state index is 11.7. The standard InChI is InChI=1S/C13H16N2O3S/c14-10(8-19-12-6-11(16)15-12)13(17)18-7-9-4-2-1-3-5-9/h1-5,10,12H,6-8,14H2,(H,15,16)/t10-,12+/m0/s1. The number of carbonyl (C=O) groups is 2. The Balaban J connectivity index is 1.66. The summed E-state index contributed by atoms with van der Waals surface area (Å²) in [6, 6.07) is 8.79. The van der Waals surface area contributed by atoms with Crippen LogP contribution in [-0.2, 0) is 20.9 Å². The number of carbonyl (C=O) groups excluding carboxylic acids is 2. The van der Waals surface area contributed by atoms with Crippen molar-refractivity contribution in [2.45, 2.75) is 24.4 Å². The van der Waals surface area contributed by atoms with E-state index in [1.807, 2.05) is 30.3 Å². The average molecular weight is 280 g/mol. The minimum atomic E-state index is -0.661. The van der Waals surface area contributed by atoms with Gasteiger partial charge in [-0.15, -0.1) is 11.8 Å². The normalized spacial score (nSPS) is 19.2. The quantitative estimate of drug-likeness (QED) is 0.590. The van der Waals surface area contributed by atoms with Crippen LogP contribution in [0.1, 0.15) is 12.0 Å². The molecule has 1 fully saturated rings. The average Bonchev–Trinajstić information content (AvgIpc) is 2.40. The van der Waals surface area contributed by atoms with Crippen LogP contribution < -0.4 is 11.1 Å². The number of thioether (sulfide) groups is 1. The van der Waals surface area contributed by atoms with Gasteiger partial charge < -0.3 is 15.8 Å². The molecule has 102 valence electrons. The van der Waals surface area contributed by atoms with Gasteiger partial charge in [0.1, 0.15) is 12.6 Å². The maximum atomic E-state index is 11.7.